The van der Waals surface area contributed by atoms with Crippen molar-refractivity contribution < 1.29 is 82.0 Å². The summed E-state index contributed by atoms with van der Waals surface area (Å²) in [5, 5.41) is 31.2. The predicted octanol–water partition coefficient (Wildman–Crippen LogP) is 11.4. The molecule has 0 aromatic heterocycles. The van der Waals surface area contributed by atoms with Crippen molar-refractivity contribution in [1.82, 2.24) is 0 Å². The van der Waals surface area contributed by atoms with E-state index in [-0.39, 0.29) is 88.6 Å². The minimum absolute atomic E-state index is 0.0241. The monoisotopic (exact) mass is 1240 g/mol. The van der Waals surface area contributed by atoms with Crippen LogP contribution in [0, 0.1) is 76.9 Å². The Morgan fingerprint density at radius 2 is 0.955 bits per heavy atom. The molecule has 2 aliphatic heterocycles. The van der Waals surface area contributed by atoms with Crippen LogP contribution >= 0.6 is 0 Å². The van der Waals surface area contributed by atoms with E-state index < -0.39 is 41.5 Å². The van der Waals surface area contributed by atoms with Crippen LogP contribution in [-0.4, -0.2) is 116 Å². The third-order valence-electron chi connectivity index (χ3n) is 23.0. The molecule has 17 nitrogen and oxygen atoms in total. The summed E-state index contributed by atoms with van der Waals surface area (Å²) in [5.41, 5.74) is -0.179. The molecule has 15 aliphatic carbocycles. The molecule has 7 unspecified atom stereocenters. The third kappa shape index (κ3) is 15.2. The molecular formula is C72H104O17. The molecule has 0 spiro atoms. The molecule has 0 aromatic rings. The van der Waals surface area contributed by atoms with Gasteiger partial charge in [-0.2, -0.15) is 0 Å². The lowest BCUT2D eigenvalue weighted by atomic mass is 9.47. The van der Waals surface area contributed by atoms with Crippen LogP contribution in [0.4, 0.5) is 0 Å². The van der Waals surface area contributed by atoms with Gasteiger partial charge < -0.3 is 48.5 Å². The second-order valence-corrected chi connectivity index (χ2v) is 30.9. The van der Waals surface area contributed by atoms with Gasteiger partial charge in [0.15, 0.2) is 6.61 Å². The SMILES string of the molecule is C=C(C)C(=O)OC1(C(C)C)C2CC3CC(C2)CC1C3.C=C(C)C(=O)OC1(CC)CCCC1.C=C(C)C(=O)OC1C2CC3(O)CC1CC(O)(C2)C3.C=C(C)C(=O)OC1C2CC3CC1CC(O)(C3)C2.C=C(C)C(=O)OCC(=O)OC1C2CC3CC(C2)C(=O)OC1C3. The summed E-state index contributed by atoms with van der Waals surface area (Å²) in [4.78, 5) is 81.9. The first-order valence-corrected chi connectivity index (χ1v) is 33.6. The van der Waals surface area contributed by atoms with E-state index in [1.54, 1.807) is 27.7 Å². The van der Waals surface area contributed by atoms with Gasteiger partial charge in [0.25, 0.3) is 0 Å². The van der Waals surface area contributed by atoms with Crippen LogP contribution in [0.3, 0.4) is 0 Å². The number of aliphatic hydroxyl groups is 3. The Labute approximate surface area is 527 Å². The highest BCUT2D eigenvalue weighted by Gasteiger charge is 2.63. The normalized spacial score (nSPS) is 39.9. The molecule has 0 amide bonds. The molecule has 16 bridgehead atoms. The minimum Gasteiger partial charge on any atom is -0.458 e. The van der Waals surface area contributed by atoms with Gasteiger partial charge in [-0.15, -0.1) is 0 Å². The fraction of sp³-hybridized carbons (Fsp3) is 0.764. The molecule has 17 aliphatic rings. The average Bonchev–Trinajstić information content (AvgIpc) is 1.41. The fourth-order valence-electron chi connectivity index (χ4n) is 19.9. The Hall–Kier alpha value is -5.13. The van der Waals surface area contributed by atoms with E-state index in [4.69, 9.17) is 33.2 Å². The summed E-state index contributed by atoms with van der Waals surface area (Å²) in [7, 11) is 0. The number of ether oxygens (including phenoxy) is 7. The lowest BCUT2D eigenvalue weighted by molar-refractivity contribution is -0.240. The van der Waals surface area contributed by atoms with E-state index in [9.17, 15) is 48.9 Å². The van der Waals surface area contributed by atoms with Crippen LogP contribution in [0.25, 0.3) is 0 Å². The molecule has 17 fully saturated rings. The first-order chi connectivity index (χ1) is 41.7. The summed E-state index contributed by atoms with van der Waals surface area (Å²) >= 11 is 0. The van der Waals surface area contributed by atoms with Gasteiger partial charge in [-0.25, -0.2) is 28.8 Å². The van der Waals surface area contributed by atoms with Crippen LogP contribution in [0.15, 0.2) is 60.8 Å². The summed E-state index contributed by atoms with van der Waals surface area (Å²) in [6, 6.07) is 0. The predicted molar refractivity (Wildman–Crippen MR) is 330 cm³/mol. The smallest absolute Gasteiger partial charge is 0.344 e. The zero-order valence-corrected chi connectivity index (χ0v) is 54.6. The van der Waals surface area contributed by atoms with E-state index in [2.05, 4.69) is 53.7 Å². The second kappa shape index (κ2) is 26.8. The number of hydrogen-bond acceptors (Lipinski definition) is 17. The minimum atomic E-state index is -0.743. The molecular weight excluding hydrogens is 1140 g/mol. The van der Waals surface area contributed by atoms with Gasteiger partial charge in [-0.1, -0.05) is 53.7 Å². The number of fused-ring (bicyclic) bond motifs is 1. The first-order valence-electron chi connectivity index (χ1n) is 33.6. The van der Waals surface area contributed by atoms with Crippen molar-refractivity contribution in [3.63, 3.8) is 0 Å². The molecule has 0 aromatic carbocycles. The number of carbonyl (C=O) groups excluding carboxylic acids is 7. The standard InChI is InChI=1S/C17H26O2.C16H20O6.C14H20O4.C14H20O3.C11H18O2/c1-10(2)16(18)19-17(11(3)4)14-6-12-5-13(8-14)9-15(17)7-12;1-8(2)15(18)20-7-13(17)22-14-10-3-9-4-11(6-10)16(19)21-12(14)5-9;1-8(2)12(15)18-11-9-3-13(16)5-10(11)6-14(17,4-9)7-13;1-8(2)13(15)17-12-10-3-9-4-11(12)7-14(16,5-9)6-10;1-4-11(7-5-6-8-11)13-10(12)9(2)3/h11-15H,1,5-9H2,2-4H3;9-12,14H,1,3-7H2,2H3;9-11,16-17H,1,3-7H2,2H3;9-12,16H,1,3-7H2,2H3;2,4-8H2,1,3H3. The summed E-state index contributed by atoms with van der Waals surface area (Å²) < 4.78 is 38.4. The number of carbonyl (C=O) groups is 7. The van der Waals surface area contributed by atoms with Gasteiger partial charge in [0, 0.05) is 52.0 Å². The van der Waals surface area contributed by atoms with Crippen LogP contribution < -0.4 is 0 Å². The lowest BCUT2D eigenvalue weighted by Crippen LogP contribution is -2.64. The van der Waals surface area contributed by atoms with Gasteiger partial charge in [-0.3, -0.25) is 4.79 Å². The number of rotatable bonds is 14. The van der Waals surface area contributed by atoms with Gasteiger partial charge in [-0.05, 0) is 236 Å². The lowest BCUT2D eigenvalue weighted by Gasteiger charge is -2.61. The first kappa shape index (κ1) is 68.2. The van der Waals surface area contributed by atoms with Crippen molar-refractivity contribution in [2.75, 3.05) is 6.61 Å². The van der Waals surface area contributed by atoms with Crippen LogP contribution in [-0.2, 0) is 66.7 Å². The van der Waals surface area contributed by atoms with Gasteiger partial charge in [0.2, 0.25) is 0 Å². The van der Waals surface area contributed by atoms with Crippen molar-refractivity contribution in [1.29, 1.82) is 0 Å². The quantitative estimate of drug-likeness (QED) is 0.0831. The topological polar surface area (TPSA) is 245 Å². The van der Waals surface area contributed by atoms with Crippen molar-refractivity contribution in [3.05, 3.63) is 60.8 Å². The van der Waals surface area contributed by atoms with Crippen LogP contribution in [0.2, 0.25) is 0 Å². The maximum atomic E-state index is 12.1. The highest BCUT2D eigenvalue weighted by atomic mass is 16.6. The fourth-order valence-corrected chi connectivity index (χ4v) is 19.9. The van der Waals surface area contributed by atoms with E-state index in [0.29, 0.717) is 95.8 Å². The van der Waals surface area contributed by atoms with E-state index in [0.717, 1.165) is 88.9 Å². The summed E-state index contributed by atoms with van der Waals surface area (Å²) in [5.74, 6) is 3.12. The maximum absolute atomic E-state index is 12.1. The zero-order valence-electron chi connectivity index (χ0n) is 54.6. The zero-order chi connectivity index (χ0) is 64.9. The van der Waals surface area contributed by atoms with Crippen molar-refractivity contribution in [3.8, 4) is 0 Å². The number of esters is 7. The highest BCUT2D eigenvalue weighted by Crippen LogP contribution is 2.63. The molecule has 89 heavy (non-hydrogen) atoms. The molecule has 17 rings (SSSR count). The highest BCUT2D eigenvalue weighted by molar-refractivity contribution is 5.89. The van der Waals surface area contributed by atoms with Crippen LogP contribution in [0.5, 0.6) is 0 Å². The largest absolute Gasteiger partial charge is 0.458 e. The Kier molecular flexibility index (Phi) is 20.6. The van der Waals surface area contributed by atoms with Crippen molar-refractivity contribution >= 4 is 41.8 Å². The van der Waals surface area contributed by atoms with Gasteiger partial charge in [0.05, 0.1) is 22.7 Å². The molecule has 3 N–H and O–H groups in total. The second-order valence-electron chi connectivity index (χ2n) is 30.9. The Morgan fingerprint density at radius 3 is 1.42 bits per heavy atom. The van der Waals surface area contributed by atoms with Crippen molar-refractivity contribution in [2.24, 2.45) is 76.9 Å². The van der Waals surface area contributed by atoms with E-state index >= 15 is 0 Å². The maximum Gasteiger partial charge on any atom is 0.344 e. The average molecular weight is 1240 g/mol. The van der Waals surface area contributed by atoms with E-state index in [1.807, 2.05) is 0 Å². The Morgan fingerprint density at radius 1 is 0.506 bits per heavy atom. The molecule has 2 saturated heterocycles. The number of hydrogen-bond donors (Lipinski definition) is 3. The van der Waals surface area contributed by atoms with Gasteiger partial charge in [0.1, 0.15) is 35.6 Å². The molecule has 7 atom stereocenters. The van der Waals surface area contributed by atoms with Gasteiger partial charge >= 0.3 is 41.8 Å². The third-order valence-corrected chi connectivity index (χ3v) is 23.0. The Bertz CT molecular complexity index is 2700. The van der Waals surface area contributed by atoms with E-state index in [1.165, 1.54) is 51.9 Å². The molecule has 494 valence electrons. The Balaban J connectivity index is 0.000000133. The molecule has 17 heteroatoms. The summed E-state index contributed by atoms with van der Waals surface area (Å²) in [6.07, 6.45) is 22.1. The van der Waals surface area contributed by atoms with Crippen LogP contribution in [0.1, 0.15) is 209 Å². The molecule has 2 heterocycles. The summed E-state index contributed by atoms with van der Waals surface area (Å²) in [6.45, 7) is 32.4. The van der Waals surface area contributed by atoms with Crippen molar-refractivity contribution in [2.45, 2.75) is 262 Å². The molecule has 0 radical (unpaired) electrons. The molecule has 15 saturated carbocycles.